The first kappa shape index (κ1) is 20.4. The van der Waals surface area contributed by atoms with Gasteiger partial charge in [0, 0.05) is 13.5 Å². The molecule has 0 radical (unpaired) electrons. The van der Waals surface area contributed by atoms with Crippen LogP contribution in [0.5, 0.6) is 0 Å². The first-order valence-electron chi connectivity index (χ1n) is 8.43. The van der Waals surface area contributed by atoms with Gasteiger partial charge in [-0.15, -0.1) is 0 Å². The number of rotatable bonds is 6. The fourth-order valence-corrected chi connectivity index (χ4v) is 4.75. The van der Waals surface area contributed by atoms with Gasteiger partial charge in [0.25, 0.3) is 0 Å². The Hall–Kier alpha value is -1.96. The summed E-state index contributed by atoms with van der Waals surface area (Å²) in [5.74, 6) is -0.858. The van der Waals surface area contributed by atoms with E-state index in [4.69, 9.17) is 10.5 Å². The highest BCUT2D eigenvalue weighted by molar-refractivity contribution is 7.90. The van der Waals surface area contributed by atoms with Crippen molar-refractivity contribution in [2.75, 3.05) is 14.2 Å². The van der Waals surface area contributed by atoms with E-state index in [1.54, 1.807) is 19.9 Å². The van der Waals surface area contributed by atoms with E-state index < -0.39 is 26.9 Å². The molecule has 0 saturated heterocycles. The molecule has 2 rings (SSSR count). The van der Waals surface area contributed by atoms with Crippen LogP contribution >= 0.6 is 0 Å². The van der Waals surface area contributed by atoms with Gasteiger partial charge in [-0.05, 0) is 23.1 Å². The maximum atomic E-state index is 13.1. The second-order valence-electron chi connectivity index (χ2n) is 6.75. The summed E-state index contributed by atoms with van der Waals surface area (Å²) in [7, 11) is -1.37. The fraction of sp³-hybridized carbons (Fsp3) is 0.421. The van der Waals surface area contributed by atoms with Gasteiger partial charge < -0.3 is 10.5 Å². The van der Waals surface area contributed by atoms with Crippen molar-refractivity contribution in [2.45, 2.75) is 31.2 Å². The second kappa shape index (κ2) is 7.73. The van der Waals surface area contributed by atoms with Gasteiger partial charge in [0.05, 0.1) is 7.11 Å². The fourth-order valence-electron chi connectivity index (χ4n) is 3.05. The molecule has 1 aliphatic rings. The zero-order chi connectivity index (χ0) is 19.5. The standard InChI is InChI=1S/C19H26N2O4S/c1-14(2)17(18(22)25-4)21(3)26(23,24)19(20)12-10-16(11-13-19)15-8-6-5-7-9-15/h5-12,14,17H,13,20H2,1-4H3/t17-,19?/m1/s1. The van der Waals surface area contributed by atoms with Crippen LogP contribution in [-0.4, -0.2) is 43.8 Å². The first-order chi connectivity index (χ1) is 12.1. The van der Waals surface area contributed by atoms with Crippen molar-refractivity contribution in [3.05, 3.63) is 54.1 Å². The van der Waals surface area contributed by atoms with Crippen LogP contribution in [0.2, 0.25) is 0 Å². The number of carbonyl (C=O) groups is 1. The van der Waals surface area contributed by atoms with Crippen LogP contribution in [0, 0.1) is 5.92 Å². The monoisotopic (exact) mass is 378 g/mol. The van der Waals surface area contributed by atoms with Crippen molar-refractivity contribution in [3.63, 3.8) is 0 Å². The molecule has 1 aromatic carbocycles. The average Bonchev–Trinajstić information content (AvgIpc) is 2.62. The summed E-state index contributed by atoms with van der Waals surface area (Å²) >= 11 is 0. The van der Waals surface area contributed by atoms with E-state index in [1.807, 2.05) is 36.4 Å². The number of likely N-dealkylation sites (N-methyl/N-ethyl adjacent to an activating group) is 1. The molecule has 0 aromatic heterocycles. The lowest BCUT2D eigenvalue weighted by molar-refractivity contribution is -0.146. The Balaban J connectivity index is 2.30. The lowest BCUT2D eigenvalue weighted by Gasteiger charge is -2.36. The van der Waals surface area contributed by atoms with E-state index in [0.29, 0.717) is 0 Å². The van der Waals surface area contributed by atoms with Crippen LogP contribution in [0.1, 0.15) is 25.8 Å². The van der Waals surface area contributed by atoms with E-state index in [-0.39, 0.29) is 12.3 Å². The third kappa shape index (κ3) is 3.75. The van der Waals surface area contributed by atoms with Crippen LogP contribution in [0.4, 0.5) is 0 Å². The van der Waals surface area contributed by atoms with E-state index in [2.05, 4.69) is 0 Å². The molecule has 6 nitrogen and oxygen atoms in total. The molecule has 142 valence electrons. The Morgan fingerprint density at radius 1 is 1.27 bits per heavy atom. The minimum absolute atomic E-state index is 0.117. The van der Waals surface area contributed by atoms with Gasteiger partial charge in [-0.3, -0.25) is 4.79 Å². The van der Waals surface area contributed by atoms with Crippen LogP contribution in [-0.2, 0) is 19.6 Å². The number of esters is 1. The largest absolute Gasteiger partial charge is 0.468 e. The number of carbonyl (C=O) groups excluding carboxylic acids is 1. The van der Waals surface area contributed by atoms with Gasteiger partial charge in [-0.25, -0.2) is 8.42 Å². The number of sulfonamides is 1. The molecule has 7 heteroatoms. The van der Waals surface area contributed by atoms with Crippen LogP contribution in [0.3, 0.4) is 0 Å². The minimum Gasteiger partial charge on any atom is -0.468 e. The minimum atomic E-state index is -3.99. The van der Waals surface area contributed by atoms with Gasteiger partial charge in [0.15, 0.2) is 4.87 Å². The molecular weight excluding hydrogens is 352 g/mol. The number of ether oxygens (including phenoxy) is 1. The SMILES string of the molecule is COC(=O)[C@@H](C(C)C)N(C)S(=O)(=O)C1(N)C=CC(c2ccccc2)=CC1. The number of hydrogen-bond donors (Lipinski definition) is 1. The first-order valence-corrected chi connectivity index (χ1v) is 9.87. The molecule has 0 heterocycles. The van der Waals surface area contributed by atoms with Crippen molar-refractivity contribution < 1.29 is 17.9 Å². The number of nitrogens with two attached hydrogens (primary N) is 1. The molecule has 0 spiro atoms. The Morgan fingerprint density at radius 3 is 2.35 bits per heavy atom. The lowest BCUT2D eigenvalue weighted by Crippen LogP contribution is -2.57. The zero-order valence-corrected chi connectivity index (χ0v) is 16.4. The van der Waals surface area contributed by atoms with Crippen molar-refractivity contribution in [3.8, 4) is 0 Å². The summed E-state index contributed by atoms with van der Waals surface area (Å²) in [5.41, 5.74) is 8.15. The van der Waals surface area contributed by atoms with Gasteiger partial charge in [0.2, 0.25) is 10.0 Å². The van der Waals surface area contributed by atoms with Crippen LogP contribution < -0.4 is 5.73 Å². The van der Waals surface area contributed by atoms with Crippen molar-refractivity contribution in [1.29, 1.82) is 0 Å². The van der Waals surface area contributed by atoms with Gasteiger partial charge in [-0.1, -0.05) is 56.3 Å². The normalized spacial score (nSPS) is 21.6. The van der Waals surface area contributed by atoms with Gasteiger partial charge >= 0.3 is 5.97 Å². The molecule has 1 aromatic rings. The third-order valence-electron chi connectivity index (χ3n) is 4.62. The predicted octanol–water partition coefficient (Wildman–Crippen LogP) is 2.14. The van der Waals surface area contributed by atoms with Gasteiger partial charge in [0.1, 0.15) is 6.04 Å². The summed E-state index contributed by atoms with van der Waals surface area (Å²) in [6.45, 7) is 3.53. The number of nitrogens with zero attached hydrogens (tertiary/aromatic N) is 1. The summed E-state index contributed by atoms with van der Waals surface area (Å²) in [6.07, 6.45) is 5.14. The average molecular weight is 378 g/mol. The van der Waals surface area contributed by atoms with E-state index in [9.17, 15) is 13.2 Å². The molecule has 0 amide bonds. The smallest absolute Gasteiger partial charge is 0.324 e. The highest BCUT2D eigenvalue weighted by Crippen LogP contribution is 2.32. The molecule has 0 bridgehead atoms. The summed E-state index contributed by atoms with van der Waals surface area (Å²) in [5, 5.41) is 0. The van der Waals surface area contributed by atoms with Crippen LogP contribution in [0.15, 0.2) is 48.6 Å². The maximum Gasteiger partial charge on any atom is 0.324 e. The highest BCUT2D eigenvalue weighted by atomic mass is 32.2. The van der Waals surface area contributed by atoms with E-state index in [0.717, 1.165) is 15.4 Å². The van der Waals surface area contributed by atoms with Crippen molar-refractivity contribution in [1.82, 2.24) is 4.31 Å². The molecule has 26 heavy (non-hydrogen) atoms. The topological polar surface area (TPSA) is 89.7 Å². The number of methoxy groups -OCH3 is 1. The Morgan fingerprint density at radius 2 is 1.88 bits per heavy atom. The van der Waals surface area contributed by atoms with E-state index >= 15 is 0 Å². The molecule has 1 aliphatic carbocycles. The number of allylic oxidation sites excluding steroid dienone is 2. The highest BCUT2D eigenvalue weighted by Gasteiger charge is 2.46. The molecule has 0 fully saturated rings. The van der Waals surface area contributed by atoms with Crippen molar-refractivity contribution in [2.24, 2.45) is 11.7 Å². The molecule has 2 N–H and O–H groups in total. The molecular formula is C19H26N2O4S. The predicted molar refractivity (Wildman–Crippen MR) is 102 cm³/mol. The lowest BCUT2D eigenvalue weighted by atomic mass is 9.97. The quantitative estimate of drug-likeness (QED) is 0.766. The Labute approximate surface area is 155 Å². The van der Waals surface area contributed by atoms with Crippen LogP contribution in [0.25, 0.3) is 5.57 Å². The van der Waals surface area contributed by atoms with E-state index in [1.165, 1.54) is 20.2 Å². The molecule has 1 unspecified atom stereocenters. The molecule has 0 saturated carbocycles. The zero-order valence-electron chi connectivity index (χ0n) is 15.5. The summed E-state index contributed by atoms with van der Waals surface area (Å²) < 4.78 is 32.1. The second-order valence-corrected chi connectivity index (χ2v) is 9.04. The Bertz CT molecular complexity index is 815. The maximum absolute atomic E-state index is 13.1. The van der Waals surface area contributed by atoms with Crippen molar-refractivity contribution >= 4 is 21.6 Å². The Kier molecular flexibility index (Phi) is 6.05. The summed E-state index contributed by atoms with van der Waals surface area (Å²) in [4.78, 5) is 10.5. The molecule has 0 aliphatic heterocycles. The number of benzene rings is 1. The summed E-state index contributed by atoms with van der Waals surface area (Å²) in [6, 6.07) is 8.73. The molecule has 2 atom stereocenters. The van der Waals surface area contributed by atoms with Gasteiger partial charge in [-0.2, -0.15) is 4.31 Å². The third-order valence-corrected chi connectivity index (χ3v) is 6.87. The number of hydrogen-bond acceptors (Lipinski definition) is 5.